The molecule has 2 saturated heterocycles. The fourth-order valence-electron chi connectivity index (χ4n) is 6.21. The summed E-state index contributed by atoms with van der Waals surface area (Å²) in [5, 5.41) is 10.4. The summed E-state index contributed by atoms with van der Waals surface area (Å²) in [6, 6.07) is 7.67. The van der Waals surface area contributed by atoms with Gasteiger partial charge < -0.3 is 4.74 Å². The van der Waals surface area contributed by atoms with Gasteiger partial charge in [0.2, 0.25) is 0 Å². The zero-order valence-electron chi connectivity index (χ0n) is 18.0. The molecule has 2 aromatic heterocycles. The van der Waals surface area contributed by atoms with E-state index in [1.807, 2.05) is 29.7 Å². The lowest BCUT2D eigenvalue weighted by atomic mass is 9.94. The van der Waals surface area contributed by atoms with Crippen LogP contribution in [-0.4, -0.2) is 56.8 Å². The van der Waals surface area contributed by atoms with Crippen LogP contribution in [0.15, 0.2) is 30.6 Å². The van der Waals surface area contributed by atoms with Crippen LogP contribution in [0.3, 0.4) is 0 Å². The molecule has 2 unspecified atom stereocenters. The van der Waals surface area contributed by atoms with Crippen molar-refractivity contribution in [2.75, 3.05) is 26.3 Å². The van der Waals surface area contributed by atoms with Crippen molar-refractivity contribution in [3.63, 3.8) is 0 Å². The van der Waals surface area contributed by atoms with Crippen molar-refractivity contribution >= 4 is 10.9 Å². The third-order valence-electron chi connectivity index (χ3n) is 7.76. The van der Waals surface area contributed by atoms with Gasteiger partial charge in [-0.05, 0) is 61.1 Å². The van der Waals surface area contributed by atoms with E-state index in [1.165, 1.54) is 55.2 Å². The molecule has 0 bridgehead atoms. The van der Waals surface area contributed by atoms with Crippen LogP contribution in [0.5, 0.6) is 0 Å². The molecule has 0 N–H and O–H groups in total. The SMILES string of the molecule is Cn1cc(-c2nn(C)c3ccc(C4C[C@@H]5CN(C6CCCOC6)C[C@@H]5C4)cc23)cn1. The Morgan fingerprint density at radius 2 is 1.93 bits per heavy atom. The second-order valence-electron chi connectivity index (χ2n) is 9.66. The van der Waals surface area contributed by atoms with Crippen LogP contribution in [0.2, 0.25) is 0 Å². The van der Waals surface area contributed by atoms with E-state index in [9.17, 15) is 0 Å². The van der Waals surface area contributed by atoms with Crippen LogP contribution in [0, 0.1) is 11.8 Å². The van der Waals surface area contributed by atoms with Crippen molar-refractivity contribution in [3.8, 4) is 11.3 Å². The summed E-state index contributed by atoms with van der Waals surface area (Å²) in [4.78, 5) is 2.73. The average Bonchev–Trinajstić information content (AvgIpc) is 3.51. The number of ether oxygens (including phenoxy) is 1. The highest BCUT2D eigenvalue weighted by atomic mass is 16.5. The Hall–Kier alpha value is -2.18. The molecular weight excluding hydrogens is 374 g/mol. The highest BCUT2D eigenvalue weighted by Crippen LogP contribution is 2.47. The van der Waals surface area contributed by atoms with Crippen LogP contribution >= 0.6 is 0 Å². The Balaban J connectivity index is 1.23. The van der Waals surface area contributed by atoms with E-state index >= 15 is 0 Å². The molecule has 4 heterocycles. The fourth-order valence-corrected chi connectivity index (χ4v) is 6.21. The third-order valence-corrected chi connectivity index (χ3v) is 7.76. The van der Waals surface area contributed by atoms with E-state index in [1.54, 1.807) is 0 Å². The van der Waals surface area contributed by atoms with Crippen molar-refractivity contribution < 1.29 is 4.74 Å². The maximum absolute atomic E-state index is 5.74. The maximum Gasteiger partial charge on any atom is 0.103 e. The minimum atomic E-state index is 0.664. The lowest BCUT2D eigenvalue weighted by Gasteiger charge is -2.31. The van der Waals surface area contributed by atoms with Gasteiger partial charge in [-0.25, -0.2) is 0 Å². The molecule has 158 valence electrons. The summed E-state index contributed by atoms with van der Waals surface area (Å²) in [6.45, 7) is 4.44. The summed E-state index contributed by atoms with van der Waals surface area (Å²) >= 11 is 0. The van der Waals surface area contributed by atoms with E-state index in [0.29, 0.717) is 12.0 Å². The van der Waals surface area contributed by atoms with E-state index in [-0.39, 0.29) is 0 Å². The zero-order valence-corrected chi connectivity index (χ0v) is 18.0. The molecule has 0 radical (unpaired) electrons. The first-order valence-corrected chi connectivity index (χ1v) is 11.4. The average molecular weight is 406 g/mol. The van der Waals surface area contributed by atoms with Gasteiger partial charge in [0.15, 0.2) is 0 Å². The zero-order chi connectivity index (χ0) is 20.2. The molecule has 1 saturated carbocycles. The number of hydrogen-bond acceptors (Lipinski definition) is 4. The molecule has 3 fully saturated rings. The predicted octanol–water partition coefficient (Wildman–Crippen LogP) is 3.58. The van der Waals surface area contributed by atoms with Gasteiger partial charge in [-0.15, -0.1) is 0 Å². The molecule has 6 rings (SSSR count). The Labute approximate surface area is 177 Å². The van der Waals surface area contributed by atoms with Crippen LogP contribution in [0.4, 0.5) is 0 Å². The number of hydrogen-bond donors (Lipinski definition) is 0. The quantitative estimate of drug-likeness (QED) is 0.668. The van der Waals surface area contributed by atoms with Gasteiger partial charge in [0.25, 0.3) is 0 Å². The number of rotatable bonds is 3. The minimum Gasteiger partial charge on any atom is -0.380 e. The molecule has 0 spiro atoms. The monoisotopic (exact) mass is 405 g/mol. The molecule has 0 amide bonds. The highest BCUT2D eigenvalue weighted by molar-refractivity contribution is 5.93. The van der Waals surface area contributed by atoms with Crippen LogP contribution in [-0.2, 0) is 18.8 Å². The number of aryl methyl sites for hydroxylation is 2. The van der Waals surface area contributed by atoms with Crippen molar-refractivity contribution in [2.24, 2.45) is 25.9 Å². The Morgan fingerprint density at radius 1 is 1.10 bits per heavy atom. The summed E-state index contributed by atoms with van der Waals surface area (Å²) in [6.07, 6.45) is 9.16. The van der Waals surface area contributed by atoms with Gasteiger partial charge in [0, 0.05) is 57.0 Å². The number of fused-ring (bicyclic) bond motifs is 2. The first-order chi connectivity index (χ1) is 14.7. The Bertz CT molecular complexity index is 1050. The largest absolute Gasteiger partial charge is 0.380 e. The van der Waals surface area contributed by atoms with Crippen molar-refractivity contribution in [2.45, 2.75) is 37.6 Å². The van der Waals surface area contributed by atoms with Crippen LogP contribution < -0.4 is 0 Å². The van der Waals surface area contributed by atoms with Gasteiger partial charge in [-0.2, -0.15) is 10.2 Å². The van der Waals surface area contributed by atoms with Gasteiger partial charge in [-0.3, -0.25) is 14.3 Å². The van der Waals surface area contributed by atoms with Crippen molar-refractivity contribution in [3.05, 3.63) is 36.2 Å². The smallest absolute Gasteiger partial charge is 0.103 e. The van der Waals surface area contributed by atoms with Gasteiger partial charge in [0.05, 0.1) is 18.3 Å². The molecule has 30 heavy (non-hydrogen) atoms. The summed E-state index contributed by atoms with van der Waals surface area (Å²) in [5.41, 5.74) is 4.82. The summed E-state index contributed by atoms with van der Waals surface area (Å²) in [7, 11) is 3.99. The molecule has 1 aromatic carbocycles. The molecule has 3 aromatic rings. The van der Waals surface area contributed by atoms with E-state index in [2.05, 4.69) is 34.4 Å². The maximum atomic E-state index is 5.74. The topological polar surface area (TPSA) is 48.1 Å². The van der Waals surface area contributed by atoms with Crippen LogP contribution in [0.1, 0.15) is 37.2 Å². The standard InChI is InChI=1S/C24H31N5O/c1-27-12-20(11-25-27)24-22-10-16(5-6-23(22)28(2)26-24)17-8-18-13-29(14-19(18)9-17)21-4-3-7-30-15-21/h5-6,10-12,17-19,21H,3-4,7-9,13-15H2,1-2H3/t17?,18-,19+,21?. The molecule has 6 heteroatoms. The highest BCUT2D eigenvalue weighted by Gasteiger charge is 2.43. The first kappa shape index (κ1) is 18.6. The number of nitrogens with zero attached hydrogens (tertiary/aromatic N) is 5. The predicted molar refractivity (Wildman–Crippen MR) is 117 cm³/mol. The molecule has 4 atom stereocenters. The van der Waals surface area contributed by atoms with Gasteiger partial charge in [-0.1, -0.05) is 6.07 Å². The molecule has 2 aliphatic heterocycles. The van der Waals surface area contributed by atoms with Gasteiger partial charge in [0.1, 0.15) is 5.69 Å². The molecular formula is C24H31N5O. The lowest BCUT2D eigenvalue weighted by molar-refractivity contribution is 0.0238. The van der Waals surface area contributed by atoms with E-state index in [4.69, 9.17) is 9.84 Å². The molecule has 1 aliphatic carbocycles. The number of aromatic nitrogens is 4. The first-order valence-electron chi connectivity index (χ1n) is 11.4. The number of benzene rings is 1. The second-order valence-corrected chi connectivity index (χ2v) is 9.66. The molecule has 6 nitrogen and oxygen atoms in total. The number of likely N-dealkylation sites (tertiary alicyclic amines) is 1. The minimum absolute atomic E-state index is 0.664. The summed E-state index contributed by atoms with van der Waals surface area (Å²) < 4.78 is 9.59. The second kappa shape index (κ2) is 7.20. The Kier molecular flexibility index (Phi) is 4.46. The van der Waals surface area contributed by atoms with Gasteiger partial charge >= 0.3 is 0 Å². The summed E-state index contributed by atoms with van der Waals surface area (Å²) in [5.74, 6) is 2.37. The molecule has 3 aliphatic rings. The normalized spacial score (nSPS) is 29.7. The van der Waals surface area contributed by atoms with Crippen molar-refractivity contribution in [1.29, 1.82) is 0 Å². The van der Waals surface area contributed by atoms with E-state index < -0.39 is 0 Å². The third kappa shape index (κ3) is 3.08. The fraction of sp³-hybridized carbons (Fsp3) is 0.583. The van der Waals surface area contributed by atoms with Crippen LogP contribution in [0.25, 0.3) is 22.2 Å². The van der Waals surface area contributed by atoms with Crippen molar-refractivity contribution in [1.82, 2.24) is 24.5 Å². The lowest BCUT2D eigenvalue weighted by Crippen LogP contribution is -2.40. The Morgan fingerprint density at radius 3 is 2.63 bits per heavy atom. The van der Waals surface area contributed by atoms with E-state index in [0.717, 1.165) is 36.3 Å².